The first-order valence-corrected chi connectivity index (χ1v) is 5.83. The predicted molar refractivity (Wildman–Crippen MR) is 71.3 cm³/mol. The molecular weight excluding hydrogens is 230 g/mol. The molecule has 0 fully saturated rings. The van der Waals surface area contributed by atoms with Gasteiger partial charge in [-0.2, -0.15) is 0 Å². The zero-order valence-corrected chi connectivity index (χ0v) is 10.9. The summed E-state index contributed by atoms with van der Waals surface area (Å²) < 4.78 is 0. The molecule has 4 N–H and O–H groups in total. The summed E-state index contributed by atoms with van der Waals surface area (Å²) >= 11 is 0. The summed E-state index contributed by atoms with van der Waals surface area (Å²) in [5.41, 5.74) is 5.79. The summed E-state index contributed by atoms with van der Waals surface area (Å²) in [5, 5.41) is 5.37. The minimum Gasteiger partial charge on any atom is -0.352 e. The standard InChI is InChI=1S/C13H19N3O2/c1-4-15-11(17)9-6-5-7-10(8-9)16-12(18)13(2,3)14/h5-8H,4,14H2,1-3H3,(H,15,17)(H,16,18). The maximum absolute atomic E-state index is 11.7. The zero-order valence-electron chi connectivity index (χ0n) is 10.9. The van der Waals surface area contributed by atoms with Crippen molar-refractivity contribution < 1.29 is 9.59 Å². The number of nitrogens with one attached hydrogen (secondary N) is 2. The van der Waals surface area contributed by atoms with Crippen molar-refractivity contribution in [3.05, 3.63) is 29.8 Å². The number of carbonyl (C=O) groups excluding carboxylic acids is 2. The summed E-state index contributed by atoms with van der Waals surface area (Å²) in [4.78, 5) is 23.3. The van der Waals surface area contributed by atoms with Gasteiger partial charge in [0.25, 0.3) is 5.91 Å². The molecule has 1 rings (SSSR count). The molecule has 0 spiro atoms. The number of hydrogen-bond acceptors (Lipinski definition) is 3. The number of amides is 2. The van der Waals surface area contributed by atoms with E-state index in [0.717, 1.165) is 0 Å². The number of anilines is 1. The Balaban J connectivity index is 2.83. The van der Waals surface area contributed by atoms with Crippen molar-refractivity contribution in [2.45, 2.75) is 26.3 Å². The summed E-state index contributed by atoms with van der Waals surface area (Å²) in [7, 11) is 0. The van der Waals surface area contributed by atoms with Crippen LogP contribution in [0.1, 0.15) is 31.1 Å². The Morgan fingerprint density at radius 2 is 2.00 bits per heavy atom. The van der Waals surface area contributed by atoms with E-state index in [0.29, 0.717) is 17.8 Å². The zero-order chi connectivity index (χ0) is 13.8. The smallest absolute Gasteiger partial charge is 0.251 e. The minimum atomic E-state index is -0.957. The molecule has 18 heavy (non-hydrogen) atoms. The highest BCUT2D eigenvalue weighted by Crippen LogP contribution is 2.12. The molecule has 0 unspecified atom stereocenters. The van der Waals surface area contributed by atoms with Crippen molar-refractivity contribution in [2.24, 2.45) is 5.73 Å². The van der Waals surface area contributed by atoms with E-state index in [1.165, 1.54) is 0 Å². The van der Waals surface area contributed by atoms with Gasteiger partial charge in [-0.05, 0) is 39.0 Å². The van der Waals surface area contributed by atoms with Crippen LogP contribution in [-0.2, 0) is 4.79 Å². The van der Waals surface area contributed by atoms with Crippen LogP contribution in [0, 0.1) is 0 Å². The van der Waals surface area contributed by atoms with E-state index in [4.69, 9.17) is 5.73 Å². The summed E-state index contributed by atoms with van der Waals surface area (Å²) in [5.74, 6) is -0.462. The molecule has 0 bridgehead atoms. The van der Waals surface area contributed by atoms with Crippen LogP contribution in [0.25, 0.3) is 0 Å². The van der Waals surface area contributed by atoms with Gasteiger partial charge >= 0.3 is 0 Å². The topological polar surface area (TPSA) is 84.2 Å². The second-order valence-corrected chi connectivity index (χ2v) is 4.62. The van der Waals surface area contributed by atoms with Crippen LogP contribution in [0.3, 0.4) is 0 Å². The largest absolute Gasteiger partial charge is 0.352 e. The van der Waals surface area contributed by atoms with E-state index >= 15 is 0 Å². The minimum absolute atomic E-state index is 0.166. The number of carbonyl (C=O) groups is 2. The van der Waals surface area contributed by atoms with Crippen molar-refractivity contribution in [2.75, 3.05) is 11.9 Å². The Morgan fingerprint density at radius 3 is 2.56 bits per heavy atom. The van der Waals surface area contributed by atoms with E-state index in [2.05, 4.69) is 10.6 Å². The van der Waals surface area contributed by atoms with Crippen LogP contribution in [0.2, 0.25) is 0 Å². The molecule has 0 saturated carbocycles. The Bertz CT molecular complexity index is 450. The molecule has 1 aromatic carbocycles. The van der Waals surface area contributed by atoms with Gasteiger partial charge in [0.1, 0.15) is 0 Å². The summed E-state index contributed by atoms with van der Waals surface area (Å²) in [6.07, 6.45) is 0. The van der Waals surface area contributed by atoms with Crippen LogP contribution in [0.15, 0.2) is 24.3 Å². The van der Waals surface area contributed by atoms with Crippen LogP contribution >= 0.6 is 0 Å². The van der Waals surface area contributed by atoms with E-state index in [9.17, 15) is 9.59 Å². The first kappa shape index (κ1) is 14.2. The molecule has 98 valence electrons. The second-order valence-electron chi connectivity index (χ2n) is 4.62. The van der Waals surface area contributed by atoms with Gasteiger partial charge in [0.05, 0.1) is 5.54 Å². The van der Waals surface area contributed by atoms with E-state index in [1.807, 2.05) is 6.92 Å². The van der Waals surface area contributed by atoms with Gasteiger partial charge < -0.3 is 16.4 Å². The molecule has 0 aromatic heterocycles. The van der Waals surface area contributed by atoms with E-state index in [1.54, 1.807) is 38.1 Å². The number of nitrogens with two attached hydrogens (primary N) is 1. The average molecular weight is 249 g/mol. The van der Waals surface area contributed by atoms with Gasteiger partial charge in [-0.15, -0.1) is 0 Å². The number of rotatable bonds is 4. The molecule has 1 aromatic rings. The van der Waals surface area contributed by atoms with Crippen LogP contribution in [-0.4, -0.2) is 23.9 Å². The first-order valence-electron chi connectivity index (χ1n) is 5.83. The maximum Gasteiger partial charge on any atom is 0.251 e. The molecule has 0 heterocycles. The third kappa shape index (κ3) is 3.85. The molecule has 2 amide bonds. The van der Waals surface area contributed by atoms with Gasteiger partial charge in [0.2, 0.25) is 5.91 Å². The predicted octanol–water partition coefficient (Wildman–Crippen LogP) is 1.11. The van der Waals surface area contributed by atoms with Crippen molar-refractivity contribution in [1.82, 2.24) is 5.32 Å². The van der Waals surface area contributed by atoms with Crippen molar-refractivity contribution in [3.63, 3.8) is 0 Å². The quantitative estimate of drug-likeness (QED) is 0.747. The number of benzene rings is 1. The first-order chi connectivity index (χ1) is 8.34. The van der Waals surface area contributed by atoms with Crippen molar-refractivity contribution in [1.29, 1.82) is 0 Å². The maximum atomic E-state index is 11.7. The van der Waals surface area contributed by atoms with Crippen LogP contribution in [0.4, 0.5) is 5.69 Å². The fraction of sp³-hybridized carbons (Fsp3) is 0.385. The Morgan fingerprint density at radius 1 is 1.33 bits per heavy atom. The van der Waals surface area contributed by atoms with Gasteiger partial charge in [0.15, 0.2) is 0 Å². The molecule has 5 nitrogen and oxygen atoms in total. The highest BCUT2D eigenvalue weighted by molar-refractivity contribution is 5.99. The molecule has 0 aliphatic carbocycles. The monoisotopic (exact) mass is 249 g/mol. The highest BCUT2D eigenvalue weighted by Gasteiger charge is 2.21. The highest BCUT2D eigenvalue weighted by atomic mass is 16.2. The molecular formula is C13H19N3O2. The Labute approximate surface area is 107 Å². The SMILES string of the molecule is CCNC(=O)c1cccc(NC(=O)C(C)(C)N)c1. The third-order valence-electron chi connectivity index (χ3n) is 2.31. The molecule has 0 atom stereocenters. The van der Waals surface area contributed by atoms with Gasteiger partial charge in [-0.1, -0.05) is 6.07 Å². The van der Waals surface area contributed by atoms with Crippen molar-refractivity contribution in [3.8, 4) is 0 Å². The lowest BCUT2D eigenvalue weighted by molar-refractivity contribution is -0.120. The fourth-order valence-electron chi connectivity index (χ4n) is 1.29. The lowest BCUT2D eigenvalue weighted by atomic mass is 10.1. The average Bonchev–Trinajstić information content (AvgIpc) is 2.28. The fourth-order valence-corrected chi connectivity index (χ4v) is 1.29. The van der Waals surface area contributed by atoms with Gasteiger partial charge in [0, 0.05) is 17.8 Å². The second kappa shape index (κ2) is 5.64. The Hall–Kier alpha value is -1.88. The lowest BCUT2D eigenvalue weighted by Crippen LogP contribution is -2.45. The van der Waals surface area contributed by atoms with Crippen LogP contribution < -0.4 is 16.4 Å². The molecule has 5 heteroatoms. The number of hydrogen-bond donors (Lipinski definition) is 3. The van der Waals surface area contributed by atoms with Gasteiger partial charge in [-0.25, -0.2) is 0 Å². The lowest BCUT2D eigenvalue weighted by Gasteiger charge is -2.18. The summed E-state index contributed by atoms with van der Waals surface area (Å²) in [6.45, 7) is 5.65. The molecule has 0 radical (unpaired) electrons. The molecule has 0 saturated heterocycles. The molecule has 0 aliphatic heterocycles. The third-order valence-corrected chi connectivity index (χ3v) is 2.31. The normalized spacial score (nSPS) is 10.9. The summed E-state index contributed by atoms with van der Waals surface area (Å²) in [6, 6.07) is 6.74. The van der Waals surface area contributed by atoms with E-state index < -0.39 is 5.54 Å². The Kier molecular flexibility index (Phi) is 4.44. The van der Waals surface area contributed by atoms with E-state index in [-0.39, 0.29) is 11.8 Å². The van der Waals surface area contributed by atoms with Crippen LogP contribution in [0.5, 0.6) is 0 Å². The molecule has 0 aliphatic rings. The van der Waals surface area contributed by atoms with Gasteiger partial charge in [-0.3, -0.25) is 9.59 Å². The van der Waals surface area contributed by atoms with Crippen molar-refractivity contribution >= 4 is 17.5 Å².